The largest absolute Gasteiger partial charge is 0.451 e. The number of amides is 1. The summed E-state index contributed by atoms with van der Waals surface area (Å²) in [5.74, 6) is 0.752. The second kappa shape index (κ2) is 7.62. The monoisotopic (exact) mass is 403 g/mol. The minimum atomic E-state index is -0.285. The lowest BCUT2D eigenvalue weighted by atomic mass is 10.0. The van der Waals surface area contributed by atoms with Crippen molar-refractivity contribution in [3.05, 3.63) is 45.6 Å². The van der Waals surface area contributed by atoms with E-state index in [2.05, 4.69) is 22.1 Å². The molecular formula is C20H22ClN3O2S. The smallest absolute Gasteiger partial charge is 0.293 e. The summed E-state index contributed by atoms with van der Waals surface area (Å²) >= 11 is 7.49. The zero-order valence-electron chi connectivity index (χ0n) is 15.4. The van der Waals surface area contributed by atoms with Crippen molar-refractivity contribution in [2.24, 2.45) is 5.92 Å². The minimum absolute atomic E-state index is 0.285. The topological polar surface area (TPSA) is 58.4 Å². The van der Waals surface area contributed by atoms with Gasteiger partial charge in [0.05, 0.1) is 5.69 Å². The molecule has 5 nitrogen and oxygen atoms in total. The molecular weight excluding hydrogens is 382 g/mol. The molecule has 0 radical (unpaired) electrons. The molecule has 142 valence electrons. The Morgan fingerprint density at radius 3 is 3.15 bits per heavy atom. The zero-order valence-corrected chi connectivity index (χ0v) is 17.0. The van der Waals surface area contributed by atoms with Gasteiger partial charge in [-0.25, -0.2) is 4.98 Å². The number of fused-ring (bicyclic) bond motifs is 1. The molecule has 27 heavy (non-hydrogen) atoms. The molecule has 1 amide bonds. The number of hydrogen-bond donors (Lipinski definition) is 1. The molecule has 0 spiro atoms. The molecule has 3 aromatic rings. The van der Waals surface area contributed by atoms with E-state index in [1.807, 2.05) is 18.4 Å². The van der Waals surface area contributed by atoms with Gasteiger partial charge in [-0.3, -0.25) is 15.0 Å². The molecule has 1 fully saturated rings. The summed E-state index contributed by atoms with van der Waals surface area (Å²) in [4.78, 5) is 19.7. The summed E-state index contributed by atoms with van der Waals surface area (Å²) in [6, 6.07) is 5.35. The average Bonchev–Trinajstić information content (AvgIpc) is 3.19. The van der Waals surface area contributed by atoms with E-state index in [1.165, 1.54) is 24.2 Å². The van der Waals surface area contributed by atoms with Crippen molar-refractivity contribution in [2.75, 3.05) is 18.4 Å². The molecule has 0 bridgehead atoms. The number of furan rings is 1. The van der Waals surface area contributed by atoms with Crippen LogP contribution in [0.3, 0.4) is 0 Å². The number of piperidine rings is 1. The first-order valence-electron chi connectivity index (χ1n) is 9.16. The molecule has 0 aliphatic carbocycles. The third kappa shape index (κ3) is 4.03. The fraction of sp³-hybridized carbons (Fsp3) is 0.400. The van der Waals surface area contributed by atoms with Crippen molar-refractivity contribution >= 4 is 44.9 Å². The van der Waals surface area contributed by atoms with Gasteiger partial charge in [0.15, 0.2) is 10.9 Å². The number of anilines is 1. The highest BCUT2D eigenvalue weighted by Crippen LogP contribution is 2.29. The Morgan fingerprint density at radius 2 is 2.33 bits per heavy atom. The number of halogens is 1. The first-order valence-corrected chi connectivity index (χ1v) is 10.4. The molecule has 1 aliphatic rings. The predicted molar refractivity (Wildman–Crippen MR) is 110 cm³/mol. The first kappa shape index (κ1) is 18.5. The van der Waals surface area contributed by atoms with Crippen molar-refractivity contribution in [3.8, 4) is 0 Å². The van der Waals surface area contributed by atoms with Gasteiger partial charge in [0.25, 0.3) is 5.91 Å². The van der Waals surface area contributed by atoms with Crippen molar-refractivity contribution in [2.45, 2.75) is 33.2 Å². The molecule has 1 aliphatic heterocycles. The standard InChI is InChI=1S/C20H22ClN3O2S/c1-12-4-3-7-24(9-12)10-15-11-27-20(22-15)23-19(25)18-13(2)16-8-14(21)5-6-17(16)26-18/h5-6,8,11-12H,3-4,7,9-10H2,1-2H3,(H,22,23,25). The number of nitrogens with zero attached hydrogens (tertiary/aromatic N) is 2. The van der Waals surface area contributed by atoms with E-state index in [4.69, 9.17) is 16.0 Å². The van der Waals surface area contributed by atoms with E-state index in [0.717, 1.165) is 42.2 Å². The molecule has 2 aromatic heterocycles. The van der Waals surface area contributed by atoms with Gasteiger partial charge in [-0.15, -0.1) is 11.3 Å². The van der Waals surface area contributed by atoms with Gasteiger partial charge in [0.2, 0.25) is 0 Å². The van der Waals surface area contributed by atoms with Crippen LogP contribution in [-0.4, -0.2) is 28.9 Å². The summed E-state index contributed by atoms with van der Waals surface area (Å²) in [5, 5.41) is 6.95. The summed E-state index contributed by atoms with van der Waals surface area (Å²) in [6.45, 7) is 7.21. The maximum Gasteiger partial charge on any atom is 0.293 e. The summed E-state index contributed by atoms with van der Waals surface area (Å²) in [7, 11) is 0. The van der Waals surface area contributed by atoms with Gasteiger partial charge in [0, 0.05) is 34.4 Å². The second-order valence-electron chi connectivity index (χ2n) is 7.28. The van der Waals surface area contributed by atoms with E-state index in [-0.39, 0.29) is 5.91 Å². The molecule has 0 saturated carbocycles. The number of aryl methyl sites for hydroxylation is 1. The van der Waals surface area contributed by atoms with Crippen molar-refractivity contribution < 1.29 is 9.21 Å². The Morgan fingerprint density at radius 1 is 1.48 bits per heavy atom. The molecule has 3 heterocycles. The zero-order chi connectivity index (χ0) is 19.0. The van der Waals surface area contributed by atoms with Gasteiger partial charge >= 0.3 is 0 Å². The van der Waals surface area contributed by atoms with Crippen LogP contribution in [0, 0.1) is 12.8 Å². The van der Waals surface area contributed by atoms with Gasteiger partial charge in [-0.1, -0.05) is 18.5 Å². The van der Waals surface area contributed by atoms with Crippen LogP contribution in [0.25, 0.3) is 11.0 Å². The van der Waals surface area contributed by atoms with Gasteiger partial charge in [-0.2, -0.15) is 0 Å². The highest BCUT2D eigenvalue weighted by atomic mass is 35.5. The predicted octanol–water partition coefficient (Wildman–Crippen LogP) is 5.34. The van der Waals surface area contributed by atoms with Crippen LogP contribution in [0.2, 0.25) is 5.02 Å². The Kier molecular flexibility index (Phi) is 5.21. The van der Waals surface area contributed by atoms with Crippen LogP contribution in [0.15, 0.2) is 28.0 Å². The maximum atomic E-state index is 12.7. The summed E-state index contributed by atoms with van der Waals surface area (Å²) in [5.41, 5.74) is 2.43. The normalized spacial score (nSPS) is 18.1. The number of carbonyl (C=O) groups excluding carboxylic acids is 1. The molecule has 7 heteroatoms. The number of likely N-dealkylation sites (tertiary alicyclic amines) is 1. The van der Waals surface area contributed by atoms with Crippen molar-refractivity contribution in [1.29, 1.82) is 0 Å². The van der Waals surface area contributed by atoms with Crippen LogP contribution in [0.5, 0.6) is 0 Å². The fourth-order valence-corrected chi connectivity index (χ4v) is 4.53. The lowest BCUT2D eigenvalue weighted by molar-refractivity contribution is 0.0998. The third-order valence-corrected chi connectivity index (χ3v) is 6.05. The number of benzene rings is 1. The van der Waals surface area contributed by atoms with Crippen molar-refractivity contribution in [1.82, 2.24) is 9.88 Å². The quantitative estimate of drug-likeness (QED) is 0.639. The number of nitrogens with one attached hydrogen (secondary N) is 1. The van der Waals surface area contributed by atoms with Gasteiger partial charge < -0.3 is 4.42 Å². The summed E-state index contributed by atoms with van der Waals surface area (Å²) < 4.78 is 5.73. The SMILES string of the molecule is Cc1c(C(=O)Nc2nc(CN3CCCC(C)C3)cs2)oc2ccc(Cl)cc12. The number of carbonyl (C=O) groups is 1. The average molecular weight is 404 g/mol. The highest BCUT2D eigenvalue weighted by molar-refractivity contribution is 7.14. The molecule has 1 aromatic carbocycles. The van der Waals surface area contributed by atoms with Gasteiger partial charge in [0.1, 0.15) is 5.58 Å². The number of aromatic nitrogens is 1. The molecule has 1 unspecified atom stereocenters. The fourth-order valence-electron chi connectivity index (χ4n) is 3.66. The lowest BCUT2D eigenvalue weighted by Crippen LogP contribution is -2.33. The van der Waals surface area contributed by atoms with E-state index in [1.54, 1.807) is 12.1 Å². The molecule has 1 saturated heterocycles. The van der Waals surface area contributed by atoms with Gasteiger partial charge in [-0.05, 0) is 50.4 Å². The second-order valence-corrected chi connectivity index (χ2v) is 8.57. The van der Waals surface area contributed by atoms with E-state index in [0.29, 0.717) is 21.5 Å². The maximum absolute atomic E-state index is 12.7. The third-order valence-electron chi connectivity index (χ3n) is 5.00. The molecule has 4 rings (SSSR count). The van der Waals surface area contributed by atoms with E-state index < -0.39 is 0 Å². The Bertz CT molecular complexity index is 981. The van der Waals surface area contributed by atoms with Crippen LogP contribution < -0.4 is 5.32 Å². The van der Waals surface area contributed by atoms with Crippen LogP contribution in [-0.2, 0) is 6.54 Å². The van der Waals surface area contributed by atoms with E-state index >= 15 is 0 Å². The Labute approximate surface area is 167 Å². The summed E-state index contributed by atoms with van der Waals surface area (Å²) in [6.07, 6.45) is 2.54. The first-order chi connectivity index (χ1) is 13.0. The minimum Gasteiger partial charge on any atom is -0.451 e. The molecule has 1 atom stereocenters. The Balaban J connectivity index is 1.46. The van der Waals surface area contributed by atoms with Crippen molar-refractivity contribution in [3.63, 3.8) is 0 Å². The Hall–Kier alpha value is -1.89. The van der Waals surface area contributed by atoms with Crippen LogP contribution in [0.4, 0.5) is 5.13 Å². The number of rotatable bonds is 4. The van der Waals surface area contributed by atoms with Crippen LogP contribution in [0.1, 0.15) is 41.6 Å². The number of thiazole rings is 1. The lowest BCUT2D eigenvalue weighted by Gasteiger charge is -2.30. The molecule has 1 N–H and O–H groups in total. The highest BCUT2D eigenvalue weighted by Gasteiger charge is 2.20. The van der Waals surface area contributed by atoms with E-state index in [9.17, 15) is 4.79 Å². The van der Waals surface area contributed by atoms with Crippen LogP contribution >= 0.6 is 22.9 Å². The number of hydrogen-bond acceptors (Lipinski definition) is 5.